The summed E-state index contributed by atoms with van der Waals surface area (Å²) in [6.45, 7) is 4.26. The Balaban J connectivity index is 1.84. The molecule has 0 saturated carbocycles. The number of para-hydroxylation sites is 2. The second-order valence-electron chi connectivity index (χ2n) is 5.06. The van der Waals surface area contributed by atoms with Gasteiger partial charge in [0.2, 0.25) is 5.91 Å². The molecule has 2 aromatic heterocycles. The van der Waals surface area contributed by atoms with Gasteiger partial charge in [0.25, 0.3) is 0 Å². The third-order valence-corrected chi connectivity index (χ3v) is 3.50. The third kappa shape index (κ3) is 3.11. The largest absolute Gasteiger partial charge is 0.467 e. The summed E-state index contributed by atoms with van der Waals surface area (Å²) >= 11 is 0. The van der Waals surface area contributed by atoms with Crippen molar-refractivity contribution in [3.8, 4) is 0 Å². The molecule has 0 N–H and O–H groups in total. The lowest BCUT2D eigenvalue weighted by Gasteiger charge is -2.20. The molecule has 118 valence electrons. The van der Waals surface area contributed by atoms with Crippen LogP contribution < -0.4 is 5.76 Å². The van der Waals surface area contributed by atoms with Gasteiger partial charge in [-0.05, 0) is 24.3 Å². The Hall–Kier alpha value is -3.02. The number of hydrogen-bond donors (Lipinski definition) is 0. The molecular weight excluding hydrogens is 296 g/mol. The molecule has 6 heteroatoms. The van der Waals surface area contributed by atoms with E-state index in [0.29, 0.717) is 29.9 Å². The zero-order valence-corrected chi connectivity index (χ0v) is 12.5. The Morgan fingerprint density at radius 1 is 1.26 bits per heavy atom. The standard InChI is InChI=1S/C17H16N2O4/c1-2-9-18(11-13-6-5-10-22-13)16(20)12-19-14-7-3-4-8-15(14)23-17(19)21/h2-8,10H,1,9,11-12H2. The van der Waals surface area contributed by atoms with E-state index in [0.717, 1.165) is 0 Å². The highest BCUT2D eigenvalue weighted by Gasteiger charge is 2.18. The molecule has 0 aliphatic carbocycles. The van der Waals surface area contributed by atoms with Gasteiger partial charge < -0.3 is 13.7 Å². The van der Waals surface area contributed by atoms with Crippen LogP contribution in [0.2, 0.25) is 0 Å². The number of benzene rings is 1. The van der Waals surface area contributed by atoms with E-state index in [2.05, 4.69) is 6.58 Å². The van der Waals surface area contributed by atoms with Crippen LogP contribution >= 0.6 is 0 Å². The first-order valence-electron chi connectivity index (χ1n) is 7.18. The number of hydrogen-bond acceptors (Lipinski definition) is 4. The summed E-state index contributed by atoms with van der Waals surface area (Å²) in [7, 11) is 0. The number of fused-ring (bicyclic) bond motifs is 1. The van der Waals surface area contributed by atoms with Crippen molar-refractivity contribution >= 4 is 17.0 Å². The SMILES string of the molecule is C=CCN(Cc1ccco1)C(=O)Cn1c(=O)oc2ccccc21. The number of nitrogens with zero attached hydrogens (tertiary/aromatic N) is 2. The van der Waals surface area contributed by atoms with Crippen LogP contribution in [0.3, 0.4) is 0 Å². The molecule has 6 nitrogen and oxygen atoms in total. The normalized spacial score (nSPS) is 10.8. The number of rotatable bonds is 6. The molecule has 1 aromatic carbocycles. The van der Waals surface area contributed by atoms with Gasteiger partial charge in [-0.2, -0.15) is 0 Å². The average Bonchev–Trinajstić information content (AvgIpc) is 3.15. The molecule has 0 spiro atoms. The van der Waals surface area contributed by atoms with Gasteiger partial charge in [-0.15, -0.1) is 6.58 Å². The first kappa shape index (κ1) is 14.9. The summed E-state index contributed by atoms with van der Waals surface area (Å²) in [5, 5.41) is 0. The lowest BCUT2D eigenvalue weighted by molar-refractivity contribution is -0.132. The second kappa shape index (κ2) is 6.39. The molecule has 0 radical (unpaired) electrons. The van der Waals surface area contributed by atoms with Gasteiger partial charge in [0.05, 0.1) is 18.3 Å². The van der Waals surface area contributed by atoms with E-state index in [4.69, 9.17) is 8.83 Å². The maximum absolute atomic E-state index is 12.6. The van der Waals surface area contributed by atoms with Crippen LogP contribution in [-0.2, 0) is 17.9 Å². The number of aromatic nitrogens is 1. The van der Waals surface area contributed by atoms with Crippen LogP contribution in [0, 0.1) is 0 Å². The molecule has 3 aromatic rings. The van der Waals surface area contributed by atoms with Gasteiger partial charge >= 0.3 is 5.76 Å². The van der Waals surface area contributed by atoms with Crippen LogP contribution in [0.5, 0.6) is 0 Å². The van der Waals surface area contributed by atoms with Gasteiger partial charge in [-0.25, -0.2) is 4.79 Å². The Morgan fingerprint density at radius 3 is 2.83 bits per heavy atom. The van der Waals surface area contributed by atoms with Gasteiger partial charge in [-0.1, -0.05) is 18.2 Å². The van der Waals surface area contributed by atoms with Crippen molar-refractivity contribution in [1.82, 2.24) is 9.47 Å². The van der Waals surface area contributed by atoms with Crippen molar-refractivity contribution in [3.63, 3.8) is 0 Å². The molecule has 0 saturated heterocycles. The van der Waals surface area contributed by atoms with Gasteiger partial charge in [0.15, 0.2) is 5.58 Å². The highest BCUT2D eigenvalue weighted by atomic mass is 16.4. The maximum atomic E-state index is 12.6. The minimum Gasteiger partial charge on any atom is -0.467 e. The van der Waals surface area contributed by atoms with Crippen molar-refractivity contribution in [3.05, 3.63) is 71.6 Å². The number of carbonyl (C=O) groups excluding carboxylic acids is 1. The fourth-order valence-electron chi connectivity index (χ4n) is 2.40. The van der Waals surface area contributed by atoms with Crippen molar-refractivity contribution in [2.24, 2.45) is 0 Å². The summed E-state index contributed by atoms with van der Waals surface area (Å²) in [6, 6.07) is 10.6. The molecule has 23 heavy (non-hydrogen) atoms. The molecule has 0 fully saturated rings. The molecule has 2 heterocycles. The highest BCUT2D eigenvalue weighted by Crippen LogP contribution is 2.13. The lowest BCUT2D eigenvalue weighted by Crippen LogP contribution is -2.35. The predicted octanol–water partition coefficient (Wildman–Crippen LogP) is 2.40. The number of amides is 1. The minimum absolute atomic E-state index is 0.0929. The summed E-state index contributed by atoms with van der Waals surface area (Å²) in [5.41, 5.74) is 1.06. The quantitative estimate of drug-likeness (QED) is 0.655. The fraction of sp³-hybridized carbons (Fsp3) is 0.176. The Bertz CT molecular complexity index is 874. The third-order valence-electron chi connectivity index (χ3n) is 3.50. The van der Waals surface area contributed by atoms with E-state index in [-0.39, 0.29) is 12.5 Å². The Kier molecular flexibility index (Phi) is 4.14. The average molecular weight is 312 g/mol. The zero-order chi connectivity index (χ0) is 16.2. The maximum Gasteiger partial charge on any atom is 0.420 e. The van der Waals surface area contributed by atoms with Crippen LogP contribution in [0.15, 0.2) is 68.9 Å². The van der Waals surface area contributed by atoms with Crippen LogP contribution in [0.4, 0.5) is 0 Å². The molecule has 0 aliphatic heterocycles. The number of oxazole rings is 1. The molecule has 0 unspecified atom stereocenters. The van der Waals surface area contributed by atoms with E-state index in [9.17, 15) is 9.59 Å². The van der Waals surface area contributed by atoms with E-state index < -0.39 is 5.76 Å². The summed E-state index contributed by atoms with van der Waals surface area (Å²) in [6.07, 6.45) is 3.19. The lowest BCUT2D eigenvalue weighted by atomic mass is 10.3. The van der Waals surface area contributed by atoms with E-state index >= 15 is 0 Å². The molecule has 0 bridgehead atoms. The van der Waals surface area contributed by atoms with Crippen molar-refractivity contribution in [1.29, 1.82) is 0 Å². The topological polar surface area (TPSA) is 68.6 Å². The van der Waals surface area contributed by atoms with Crippen LogP contribution in [0.1, 0.15) is 5.76 Å². The summed E-state index contributed by atoms with van der Waals surface area (Å²) < 4.78 is 11.7. The van der Waals surface area contributed by atoms with E-state index in [1.54, 1.807) is 53.6 Å². The van der Waals surface area contributed by atoms with Crippen molar-refractivity contribution < 1.29 is 13.6 Å². The van der Waals surface area contributed by atoms with Gasteiger partial charge in [0.1, 0.15) is 12.3 Å². The molecule has 3 rings (SSSR count). The van der Waals surface area contributed by atoms with E-state index in [1.807, 2.05) is 0 Å². The smallest absolute Gasteiger partial charge is 0.420 e. The van der Waals surface area contributed by atoms with Crippen LogP contribution in [-0.4, -0.2) is 21.9 Å². The number of carbonyl (C=O) groups is 1. The van der Waals surface area contributed by atoms with Gasteiger partial charge in [-0.3, -0.25) is 9.36 Å². The first-order valence-corrected chi connectivity index (χ1v) is 7.18. The Morgan fingerprint density at radius 2 is 2.09 bits per heavy atom. The van der Waals surface area contributed by atoms with Gasteiger partial charge in [0, 0.05) is 6.54 Å². The first-order chi connectivity index (χ1) is 11.2. The van der Waals surface area contributed by atoms with E-state index in [1.165, 1.54) is 4.57 Å². The fourth-order valence-corrected chi connectivity index (χ4v) is 2.40. The number of furan rings is 1. The molecule has 0 aliphatic rings. The predicted molar refractivity (Wildman–Crippen MR) is 84.8 cm³/mol. The van der Waals surface area contributed by atoms with Crippen molar-refractivity contribution in [2.45, 2.75) is 13.1 Å². The summed E-state index contributed by atoms with van der Waals surface area (Å²) in [4.78, 5) is 26.1. The van der Waals surface area contributed by atoms with Crippen molar-refractivity contribution in [2.75, 3.05) is 6.54 Å². The highest BCUT2D eigenvalue weighted by molar-refractivity contribution is 5.79. The minimum atomic E-state index is -0.545. The second-order valence-corrected chi connectivity index (χ2v) is 5.06. The Labute approximate surface area is 132 Å². The molecule has 0 atom stereocenters. The van der Waals surface area contributed by atoms with Crippen LogP contribution in [0.25, 0.3) is 11.1 Å². The zero-order valence-electron chi connectivity index (χ0n) is 12.5. The summed E-state index contributed by atoms with van der Waals surface area (Å²) in [5.74, 6) is -0.0874. The monoisotopic (exact) mass is 312 g/mol. The molecular formula is C17H16N2O4. The molecule has 1 amide bonds.